The average Bonchev–Trinajstić information content (AvgIpc) is 2.58. The molecule has 4 N–H and O–H groups in total. The van der Waals surface area contributed by atoms with E-state index in [4.69, 9.17) is 10.5 Å². The molecular weight excluding hydrogens is 313 g/mol. The van der Waals surface area contributed by atoms with Crippen LogP contribution < -0.4 is 16.4 Å². The third-order valence-electron chi connectivity index (χ3n) is 3.56. The number of anilines is 1. The molecule has 1 aliphatic rings. The Hall–Kier alpha value is -2.19. The molecule has 132 valence electrons. The third kappa shape index (κ3) is 6.93. The number of nitrogens with one attached hydrogen (secondary N) is 2. The number of hydrogen-bond donors (Lipinski definition) is 3. The Kier molecular flexibility index (Phi) is 7.44. The van der Waals surface area contributed by atoms with E-state index >= 15 is 0 Å². The van der Waals surface area contributed by atoms with Crippen LogP contribution in [0, 0.1) is 5.82 Å². The Morgan fingerprint density at radius 3 is 2.92 bits per heavy atom. The number of carbonyl (C=O) groups excluding carboxylic acids is 1. The van der Waals surface area contributed by atoms with Crippen LogP contribution in [0.1, 0.15) is 6.42 Å². The largest absolute Gasteiger partial charge is 0.379 e. The van der Waals surface area contributed by atoms with Crippen LogP contribution in [0.2, 0.25) is 0 Å². The van der Waals surface area contributed by atoms with Gasteiger partial charge in [0, 0.05) is 25.3 Å². The Labute approximate surface area is 141 Å². The van der Waals surface area contributed by atoms with E-state index in [1.807, 2.05) is 0 Å². The Morgan fingerprint density at radius 2 is 2.17 bits per heavy atom. The number of ether oxygens (including phenoxy) is 1. The van der Waals surface area contributed by atoms with Crippen molar-refractivity contribution in [3.63, 3.8) is 0 Å². The molecule has 1 fully saturated rings. The maximum absolute atomic E-state index is 13.0. The van der Waals surface area contributed by atoms with Gasteiger partial charge < -0.3 is 21.1 Å². The van der Waals surface area contributed by atoms with Crippen LogP contribution >= 0.6 is 0 Å². The van der Waals surface area contributed by atoms with Gasteiger partial charge in [-0.2, -0.15) is 0 Å². The summed E-state index contributed by atoms with van der Waals surface area (Å²) in [6, 6.07) is 5.69. The summed E-state index contributed by atoms with van der Waals surface area (Å²) in [5, 5.41) is 5.54. The topological polar surface area (TPSA) is 92.0 Å². The molecule has 1 aromatic rings. The number of nitrogens with zero attached hydrogens (tertiary/aromatic N) is 2. The maximum atomic E-state index is 13.0. The molecule has 1 aromatic carbocycles. The molecule has 0 radical (unpaired) electrons. The molecule has 0 aromatic heterocycles. The molecule has 7 nitrogen and oxygen atoms in total. The second kappa shape index (κ2) is 9.84. The summed E-state index contributed by atoms with van der Waals surface area (Å²) in [5.74, 6) is -0.525. The first-order valence-corrected chi connectivity index (χ1v) is 8.03. The van der Waals surface area contributed by atoms with Crippen LogP contribution in [-0.4, -0.2) is 62.7 Å². The van der Waals surface area contributed by atoms with Crippen molar-refractivity contribution in [1.29, 1.82) is 0 Å². The van der Waals surface area contributed by atoms with E-state index < -0.39 is 5.82 Å². The normalized spacial score (nSPS) is 16.0. The fourth-order valence-corrected chi connectivity index (χ4v) is 2.32. The molecule has 0 bridgehead atoms. The minimum atomic E-state index is -0.405. The molecule has 0 atom stereocenters. The van der Waals surface area contributed by atoms with Crippen molar-refractivity contribution < 1.29 is 13.9 Å². The number of nitrogens with two attached hydrogens (primary N) is 1. The standard InChI is InChI=1S/C16H24FN5O2/c17-13-3-1-4-14(11-13)21-15(23)12-20-16(18)19-5-2-6-22-7-9-24-10-8-22/h1,3-4,11H,2,5-10,12H2,(H,21,23)(H3,18,19,20). The van der Waals surface area contributed by atoms with Gasteiger partial charge in [-0.1, -0.05) is 6.07 Å². The number of rotatable bonds is 7. The fraction of sp³-hybridized carbons (Fsp3) is 0.500. The summed E-state index contributed by atoms with van der Waals surface area (Å²) >= 11 is 0. The Morgan fingerprint density at radius 1 is 1.38 bits per heavy atom. The highest BCUT2D eigenvalue weighted by atomic mass is 19.1. The van der Waals surface area contributed by atoms with Gasteiger partial charge in [0.05, 0.1) is 13.2 Å². The molecule has 24 heavy (non-hydrogen) atoms. The third-order valence-corrected chi connectivity index (χ3v) is 3.56. The lowest BCUT2D eigenvalue weighted by atomic mass is 10.3. The van der Waals surface area contributed by atoms with Gasteiger partial charge in [-0.3, -0.25) is 9.69 Å². The molecule has 0 saturated carbocycles. The van der Waals surface area contributed by atoms with Gasteiger partial charge in [-0.15, -0.1) is 0 Å². The number of carbonyl (C=O) groups is 1. The lowest BCUT2D eigenvalue weighted by molar-refractivity contribution is -0.114. The number of hydrogen-bond acceptors (Lipinski definition) is 4. The van der Waals surface area contributed by atoms with Gasteiger partial charge >= 0.3 is 0 Å². The van der Waals surface area contributed by atoms with E-state index in [2.05, 4.69) is 20.5 Å². The number of guanidine groups is 1. The van der Waals surface area contributed by atoms with Crippen molar-refractivity contribution in [2.45, 2.75) is 6.42 Å². The van der Waals surface area contributed by atoms with Crippen LogP contribution in [0.5, 0.6) is 0 Å². The zero-order valence-electron chi connectivity index (χ0n) is 13.6. The van der Waals surface area contributed by atoms with Crippen LogP contribution in [0.3, 0.4) is 0 Å². The summed E-state index contributed by atoms with van der Waals surface area (Å²) < 4.78 is 18.3. The highest BCUT2D eigenvalue weighted by molar-refractivity contribution is 5.93. The first-order chi connectivity index (χ1) is 11.6. The SMILES string of the molecule is NC(=NCC(=O)Nc1cccc(F)c1)NCCCN1CCOCC1. The van der Waals surface area contributed by atoms with Crippen molar-refractivity contribution in [1.82, 2.24) is 10.2 Å². The smallest absolute Gasteiger partial charge is 0.246 e. The first kappa shape index (κ1) is 18.2. The van der Waals surface area contributed by atoms with Crippen LogP contribution in [-0.2, 0) is 9.53 Å². The lowest BCUT2D eigenvalue weighted by Gasteiger charge is -2.26. The fourth-order valence-electron chi connectivity index (χ4n) is 2.32. The molecule has 8 heteroatoms. The van der Waals surface area contributed by atoms with Crippen molar-refractivity contribution >= 4 is 17.6 Å². The van der Waals surface area contributed by atoms with E-state index in [1.54, 1.807) is 6.07 Å². The predicted molar refractivity (Wildman–Crippen MR) is 91.4 cm³/mol. The molecule has 1 aliphatic heterocycles. The second-order valence-electron chi connectivity index (χ2n) is 5.49. The van der Waals surface area contributed by atoms with E-state index in [9.17, 15) is 9.18 Å². The molecule has 0 unspecified atom stereocenters. The van der Waals surface area contributed by atoms with Gasteiger partial charge in [-0.05, 0) is 31.2 Å². The zero-order chi connectivity index (χ0) is 17.2. The summed E-state index contributed by atoms with van der Waals surface area (Å²) in [6.07, 6.45) is 0.936. The predicted octanol–water partition coefficient (Wildman–Crippen LogP) is 0.391. The quantitative estimate of drug-likeness (QED) is 0.380. The van der Waals surface area contributed by atoms with E-state index in [0.717, 1.165) is 39.3 Å². The minimum absolute atomic E-state index is 0.112. The summed E-state index contributed by atoms with van der Waals surface area (Å²) in [5.41, 5.74) is 6.12. The Balaban J connectivity index is 1.61. The molecule has 1 saturated heterocycles. The molecular formula is C16H24FN5O2. The van der Waals surface area contributed by atoms with Crippen LogP contribution in [0.25, 0.3) is 0 Å². The number of aliphatic imine (C=N–C) groups is 1. The number of amides is 1. The number of benzene rings is 1. The van der Waals surface area contributed by atoms with E-state index in [1.165, 1.54) is 18.2 Å². The molecule has 0 aliphatic carbocycles. The van der Waals surface area contributed by atoms with Crippen LogP contribution in [0.15, 0.2) is 29.3 Å². The molecule has 2 rings (SSSR count). The first-order valence-electron chi connectivity index (χ1n) is 8.03. The summed E-state index contributed by atoms with van der Waals surface area (Å²) in [6.45, 7) is 5.06. The monoisotopic (exact) mass is 337 g/mol. The minimum Gasteiger partial charge on any atom is -0.379 e. The van der Waals surface area contributed by atoms with Gasteiger partial charge in [0.15, 0.2) is 5.96 Å². The number of morpholine rings is 1. The molecule has 0 spiro atoms. The molecule has 1 heterocycles. The van der Waals surface area contributed by atoms with E-state index in [0.29, 0.717) is 12.2 Å². The van der Waals surface area contributed by atoms with Gasteiger partial charge in [0.25, 0.3) is 0 Å². The summed E-state index contributed by atoms with van der Waals surface area (Å²) in [4.78, 5) is 18.0. The Bertz CT molecular complexity index is 561. The highest BCUT2D eigenvalue weighted by Gasteiger charge is 2.09. The lowest BCUT2D eigenvalue weighted by Crippen LogP contribution is -2.39. The van der Waals surface area contributed by atoms with Crippen molar-refractivity contribution in [3.8, 4) is 0 Å². The number of halogens is 1. The van der Waals surface area contributed by atoms with Gasteiger partial charge in [-0.25, -0.2) is 9.38 Å². The van der Waals surface area contributed by atoms with Gasteiger partial charge in [0.1, 0.15) is 12.4 Å². The zero-order valence-corrected chi connectivity index (χ0v) is 13.6. The molecule has 1 amide bonds. The van der Waals surface area contributed by atoms with Crippen molar-refractivity contribution in [2.75, 3.05) is 51.3 Å². The van der Waals surface area contributed by atoms with Crippen molar-refractivity contribution in [2.24, 2.45) is 10.7 Å². The van der Waals surface area contributed by atoms with Crippen molar-refractivity contribution in [3.05, 3.63) is 30.1 Å². The second-order valence-corrected chi connectivity index (χ2v) is 5.49. The van der Waals surface area contributed by atoms with E-state index in [-0.39, 0.29) is 18.4 Å². The average molecular weight is 337 g/mol. The highest BCUT2D eigenvalue weighted by Crippen LogP contribution is 2.08. The maximum Gasteiger partial charge on any atom is 0.246 e. The van der Waals surface area contributed by atoms with Gasteiger partial charge in [0.2, 0.25) is 5.91 Å². The van der Waals surface area contributed by atoms with Crippen LogP contribution in [0.4, 0.5) is 10.1 Å². The summed E-state index contributed by atoms with van der Waals surface area (Å²) in [7, 11) is 0.